The van der Waals surface area contributed by atoms with Crippen molar-refractivity contribution in [3.8, 4) is 0 Å². The van der Waals surface area contributed by atoms with Crippen molar-refractivity contribution in [3.05, 3.63) is 71.0 Å². The molecule has 5 heteroatoms. The molecule has 4 rings (SSSR count). The first-order valence-corrected chi connectivity index (χ1v) is 9.72. The van der Waals surface area contributed by atoms with Crippen LogP contribution in [0.25, 0.3) is 0 Å². The number of carbonyl (C=O) groups is 1. The molecule has 2 aliphatic heterocycles. The van der Waals surface area contributed by atoms with Gasteiger partial charge in [0.15, 0.2) is 0 Å². The van der Waals surface area contributed by atoms with E-state index in [9.17, 15) is 9.18 Å². The maximum atomic E-state index is 13.5. The molecule has 2 amide bonds. The fourth-order valence-electron chi connectivity index (χ4n) is 4.30. The predicted molar refractivity (Wildman–Crippen MR) is 104 cm³/mol. The van der Waals surface area contributed by atoms with Crippen LogP contribution >= 0.6 is 0 Å². The lowest BCUT2D eigenvalue weighted by molar-refractivity contribution is 0.124. The Balaban J connectivity index is 1.67. The number of nitrogens with one attached hydrogen (secondary N) is 1. The summed E-state index contributed by atoms with van der Waals surface area (Å²) in [5.74, 6) is -0.258. The third-order valence-corrected chi connectivity index (χ3v) is 5.84. The number of likely N-dealkylation sites (N-methyl/N-ethyl adjacent to an activating group) is 1. The number of amides is 2. The molecule has 2 aliphatic rings. The van der Waals surface area contributed by atoms with E-state index in [2.05, 4.69) is 17.4 Å². The number of piperidine rings is 1. The number of urea groups is 1. The third-order valence-electron chi connectivity index (χ3n) is 5.84. The lowest BCUT2D eigenvalue weighted by Crippen LogP contribution is -2.53. The van der Waals surface area contributed by atoms with Crippen LogP contribution in [-0.2, 0) is 6.42 Å². The van der Waals surface area contributed by atoms with E-state index in [-0.39, 0.29) is 23.9 Å². The van der Waals surface area contributed by atoms with Gasteiger partial charge in [-0.1, -0.05) is 36.4 Å². The molecular formula is C22H26FN3O. The number of carbonyl (C=O) groups excluding carboxylic acids is 1. The largest absolute Gasteiger partial charge is 0.323 e. The first-order valence-electron chi connectivity index (χ1n) is 9.72. The molecule has 1 unspecified atom stereocenters. The lowest BCUT2D eigenvalue weighted by Gasteiger charge is -2.42. The minimum atomic E-state index is -0.258. The third kappa shape index (κ3) is 3.56. The van der Waals surface area contributed by atoms with Gasteiger partial charge in [-0.05, 0) is 54.6 Å². The van der Waals surface area contributed by atoms with Gasteiger partial charge in [0.1, 0.15) is 5.82 Å². The standard InChI is InChI=1S/C22H26FN3O/c1-25(19-6-4-13-24-15-19)22(27)26-14-12-16-5-2-3-7-20(16)21(26)17-8-10-18(23)11-9-17/h2-3,5,7-11,19,21,24H,4,6,12-15H2,1H3/t19?,21-/m0/s1. The summed E-state index contributed by atoms with van der Waals surface area (Å²) < 4.78 is 13.5. The first kappa shape index (κ1) is 18.0. The van der Waals surface area contributed by atoms with Gasteiger partial charge in [0.25, 0.3) is 0 Å². The van der Waals surface area contributed by atoms with E-state index in [1.165, 1.54) is 17.7 Å². The maximum Gasteiger partial charge on any atom is 0.320 e. The molecule has 2 heterocycles. The van der Waals surface area contributed by atoms with Gasteiger partial charge in [-0.15, -0.1) is 0 Å². The van der Waals surface area contributed by atoms with E-state index in [1.807, 2.05) is 29.0 Å². The topological polar surface area (TPSA) is 35.6 Å². The van der Waals surface area contributed by atoms with Crippen LogP contribution in [0.3, 0.4) is 0 Å². The molecule has 0 spiro atoms. The summed E-state index contributed by atoms with van der Waals surface area (Å²) in [6.07, 6.45) is 2.96. The fourth-order valence-corrected chi connectivity index (χ4v) is 4.30. The number of nitrogens with zero attached hydrogens (tertiary/aromatic N) is 2. The summed E-state index contributed by atoms with van der Waals surface area (Å²) in [5, 5.41) is 3.38. The Bertz CT molecular complexity index is 801. The van der Waals surface area contributed by atoms with E-state index in [0.29, 0.717) is 6.54 Å². The van der Waals surface area contributed by atoms with Crippen molar-refractivity contribution in [2.75, 3.05) is 26.7 Å². The van der Waals surface area contributed by atoms with Crippen LogP contribution in [0.4, 0.5) is 9.18 Å². The monoisotopic (exact) mass is 367 g/mol. The van der Waals surface area contributed by atoms with Crippen molar-refractivity contribution < 1.29 is 9.18 Å². The molecule has 1 saturated heterocycles. The van der Waals surface area contributed by atoms with Gasteiger partial charge in [-0.25, -0.2) is 9.18 Å². The van der Waals surface area contributed by atoms with E-state index in [1.54, 1.807) is 12.1 Å². The molecule has 0 bridgehead atoms. The molecule has 1 N–H and O–H groups in total. The Morgan fingerprint density at radius 1 is 1.19 bits per heavy atom. The van der Waals surface area contributed by atoms with Crippen molar-refractivity contribution in [1.82, 2.24) is 15.1 Å². The zero-order chi connectivity index (χ0) is 18.8. The SMILES string of the molecule is CN(C(=O)N1CCc2ccccc2[C@@H]1c1ccc(F)cc1)C1CCCNC1. The van der Waals surface area contributed by atoms with Gasteiger partial charge < -0.3 is 15.1 Å². The van der Waals surface area contributed by atoms with Crippen molar-refractivity contribution in [1.29, 1.82) is 0 Å². The highest BCUT2D eigenvalue weighted by Crippen LogP contribution is 2.36. The molecule has 142 valence electrons. The van der Waals surface area contributed by atoms with Crippen LogP contribution in [0.15, 0.2) is 48.5 Å². The van der Waals surface area contributed by atoms with Gasteiger partial charge in [0, 0.05) is 26.2 Å². The van der Waals surface area contributed by atoms with Crippen molar-refractivity contribution >= 4 is 6.03 Å². The average Bonchev–Trinajstić information content (AvgIpc) is 2.73. The minimum Gasteiger partial charge on any atom is -0.323 e. The van der Waals surface area contributed by atoms with Crippen molar-refractivity contribution in [3.63, 3.8) is 0 Å². The van der Waals surface area contributed by atoms with Crippen LogP contribution in [0.5, 0.6) is 0 Å². The highest BCUT2D eigenvalue weighted by Gasteiger charge is 2.35. The second kappa shape index (κ2) is 7.69. The van der Waals surface area contributed by atoms with Gasteiger partial charge in [0.05, 0.1) is 6.04 Å². The Hall–Kier alpha value is -2.40. The zero-order valence-corrected chi connectivity index (χ0v) is 15.7. The summed E-state index contributed by atoms with van der Waals surface area (Å²) in [4.78, 5) is 17.2. The van der Waals surface area contributed by atoms with Gasteiger partial charge in [-0.3, -0.25) is 0 Å². The normalized spacial score (nSPS) is 22.2. The highest BCUT2D eigenvalue weighted by molar-refractivity contribution is 5.76. The van der Waals surface area contributed by atoms with Crippen LogP contribution in [0.1, 0.15) is 35.6 Å². The molecule has 1 fully saturated rings. The molecule has 27 heavy (non-hydrogen) atoms. The Kier molecular flexibility index (Phi) is 5.12. The molecule has 4 nitrogen and oxygen atoms in total. The van der Waals surface area contributed by atoms with Gasteiger partial charge in [-0.2, -0.15) is 0 Å². The molecule has 2 aromatic rings. The number of hydrogen-bond donors (Lipinski definition) is 1. The molecule has 0 radical (unpaired) electrons. The summed E-state index contributed by atoms with van der Waals surface area (Å²) in [5.41, 5.74) is 3.35. The number of rotatable bonds is 2. The zero-order valence-electron chi connectivity index (χ0n) is 15.7. The first-order chi connectivity index (χ1) is 13.1. The summed E-state index contributed by atoms with van der Waals surface area (Å²) in [7, 11) is 1.90. The molecule has 0 aliphatic carbocycles. The van der Waals surface area contributed by atoms with Gasteiger partial charge >= 0.3 is 6.03 Å². The number of hydrogen-bond acceptors (Lipinski definition) is 2. The van der Waals surface area contributed by atoms with Crippen LogP contribution < -0.4 is 5.32 Å². The highest BCUT2D eigenvalue weighted by atomic mass is 19.1. The van der Waals surface area contributed by atoms with Crippen LogP contribution in [-0.4, -0.2) is 48.6 Å². The summed E-state index contributed by atoms with van der Waals surface area (Å²) in [6.45, 7) is 2.53. The molecule has 2 atom stereocenters. The van der Waals surface area contributed by atoms with Crippen molar-refractivity contribution in [2.45, 2.75) is 31.3 Å². The Morgan fingerprint density at radius 3 is 2.70 bits per heavy atom. The lowest BCUT2D eigenvalue weighted by atomic mass is 9.88. The van der Waals surface area contributed by atoms with Crippen molar-refractivity contribution in [2.24, 2.45) is 0 Å². The molecule has 2 aromatic carbocycles. The van der Waals surface area contributed by atoms with E-state index >= 15 is 0 Å². The average molecular weight is 367 g/mol. The second-order valence-electron chi connectivity index (χ2n) is 7.49. The molecular weight excluding hydrogens is 341 g/mol. The van der Waals surface area contributed by atoms with Gasteiger partial charge in [0.2, 0.25) is 0 Å². The second-order valence-corrected chi connectivity index (χ2v) is 7.49. The predicted octanol–water partition coefficient (Wildman–Crippen LogP) is 3.58. The maximum absolute atomic E-state index is 13.5. The minimum absolute atomic E-state index is 0.0486. The fraction of sp³-hybridized carbons (Fsp3) is 0.409. The Labute approximate surface area is 160 Å². The van der Waals surface area contributed by atoms with Crippen LogP contribution in [0.2, 0.25) is 0 Å². The summed E-state index contributed by atoms with van der Waals surface area (Å²) >= 11 is 0. The number of halogens is 1. The smallest absolute Gasteiger partial charge is 0.320 e. The summed E-state index contributed by atoms with van der Waals surface area (Å²) in [6, 6.07) is 14.9. The number of benzene rings is 2. The molecule has 0 aromatic heterocycles. The van der Waals surface area contributed by atoms with E-state index in [4.69, 9.17) is 0 Å². The molecule has 0 saturated carbocycles. The number of fused-ring (bicyclic) bond motifs is 1. The van der Waals surface area contributed by atoms with E-state index < -0.39 is 0 Å². The van der Waals surface area contributed by atoms with Crippen LogP contribution in [0, 0.1) is 5.82 Å². The Morgan fingerprint density at radius 2 is 1.96 bits per heavy atom. The quantitative estimate of drug-likeness (QED) is 0.881. The van der Waals surface area contributed by atoms with E-state index in [0.717, 1.165) is 43.5 Å².